The molecule has 228 valence electrons. The second kappa shape index (κ2) is 9.69. The summed E-state index contributed by atoms with van der Waals surface area (Å²) in [6.07, 6.45) is 0. The van der Waals surface area contributed by atoms with Gasteiger partial charge in [0.15, 0.2) is 0 Å². The lowest BCUT2D eigenvalue weighted by Gasteiger charge is -2.30. The maximum absolute atomic E-state index is 2.50. The molecule has 0 aliphatic heterocycles. The van der Waals surface area contributed by atoms with Crippen LogP contribution in [0.4, 0.5) is 17.1 Å². The van der Waals surface area contributed by atoms with Crippen LogP contribution in [0.5, 0.6) is 0 Å². The monoisotopic (exact) mass is 597 g/mol. The first-order chi connectivity index (χ1) is 21.9. The van der Waals surface area contributed by atoms with E-state index in [1.54, 1.807) is 0 Å². The summed E-state index contributed by atoms with van der Waals surface area (Å²) in [4.78, 5) is 2.50. The van der Waals surface area contributed by atoms with Crippen molar-refractivity contribution in [3.63, 3.8) is 0 Å². The standard InChI is InChI=1S/C45H43N/c1-28-13-11-16-37-32(28)15-12-18-42(37)46(30-20-23-35-33-14-9-10-17-38(33)44(5,6)40(35)26-30)31-21-24-36-34-22-19-29(43(2,3)4)25-39(34)45(7,8)41(36)27-31/h9-27H,1-8H3. The number of hydrogen-bond donors (Lipinski definition) is 0. The summed E-state index contributed by atoms with van der Waals surface area (Å²) in [7, 11) is 0. The molecule has 0 bridgehead atoms. The Balaban J connectivity index is 1.35. The Kier molecular flexibility index (Phi) is 6.07. The molecule has 2 aliphatic carbocycles. The molecule has 1 nitrogen and oxygen atoms in total. The van der Waals surface area contributed by atoms with Crippen molar-refractivity contribution in [2.24, 2.45) is 0 Å². The van der Waals surface area contributed by atoms with Crippen LogP contribution in [-0.2, 0) is 16.2 Å². The normalized spacial score (nSPS) is 15.3. The summed E-state index contributed by atoms with van der Waals surface area (Å²) in [6, 6.07) is 43.8. The third-order valence-corrected chi connectivity index (χ3v) is 11.0. The lowest BCUT2D eigenvalue weighted by molar-refractivity contribution is 0.584. The molecule has 0 radical (unpaired) electrons. The predicted molar refractivity (Wildman–Crippen MR) is 197 cm³/mol. The van der Waals surface area contributed by atoms with E-state index in [1.165, 1.54) is 83.5 Å². The van der Waals surface area contributed by atoms with Crippen LogP contribution in [0.3, 0.4) is 0 Å². The zero-order chi connectivity index (χ0) is 32.2. The molecular formula is C45H43N. The first kappa shape index (κ1) is 28.8. The summed E-state index contributed by atoms with van der Waals surface area (Å²) in [5.74, 6) is 0. The van der Waals surface area contributed by atoms with Crippen LogP contribution in [0.1, 0.15) is 81.8 Å². The second-order valence-corrected chi connectivity index (χ2v) is 15.5. The third kappa shape index (κ3) is 4.07. The fourth-order valence-corrected chi connectivity index (χ4v) is 8.24. The van der Waals surface area contributed by atoms with Gasteiger partial charge in [0.05, 0.1) is 5.69 Å². The Morgan fingerprint density at radius 3 is 1.65 bits per heavy atom. The molecule has 0 saturated carbocycles. The molecular weight excluding hydrogens is 555 g/mol. The van der Waals surface area contributed by atoms with Crippen molar-refractivity contribution >= 4 is 27.8 Å². The van der Waals surface area contributed by atoms with Gasteiger partial charge in [0.1, 0.15) is 0 Å². The first-order valence-electron chi connectivity index (χ1n) is 16.7. The average Bonchev–Trinajstić information content (AvgIpc) is 3.40. The quantitative estimate of drug-likeness (QED) is 0.196. The first-order valence-corrected chi connectivity index (χ1v) is 16.7. The smallest absolute Gasteiger partial charge is 0.0540 e. The largest absolute Gasteiger partial charge is 0.310 e. The van der Waals surface area contributed by atoms with Crippen molar-refractivity contribution in [1.29, 1.82) is 0 Å². The molecule has 8 rings (SSSR count). The Hall–Kier alpha value is -4.62. The van der Waals surface area contributed by atoms with E-state index in [0.29, 0.717) is 0 Å². The summed E-state index contributed by atoms with van der Waals surface area (Å²) in [5.41, 5.74) is 17.2. The molecule has 0 fully saturated rings. The summed E-state index contributed by atoms with van der Waals surface area (Å²) < 4.78 is 0. The molecule has 0 atom stereocenters. The Bertz CT molecular complexity index is 2200. The minimum absolute atomic E-state index is 0.0741. The van der Waals surface area contributed by atoms with Gasteiger partial charge in [-0.2, -0.15) is 0 Å². The minimum Gasteiger partial charge on any atom is -0.310 e. The number of benzene rings is 6. The summed E-state index contributed by atoms with van der Waals surface area (Å²) >= 11 is 0. The minimum atomic E-state index is -0.107. The zero-order valence-electron chi connectivity index (χ0n) is 28.4. The maximum atomic E-state index is 2.50. The molecule has 6 aromatic carbocycles. The van der Waals surface area contributed by atoms with E-state index in [4.69, 9.17) is 0 Å². The molecule has 0 N–H and O–H groups in total. The van der Waals surface area contributed by atoms with Gasteiger partial charge in [0.2, 0.25) is 0 Å². The van der Waals surface area contributed by atoms with Gasteiger partial charge < -0.3 is 4.90 Å². The van der Waals surface area contributed by atoms with Gasteiger partial charge in [-0.15, -0.1) is 0 Å². The van der Waals surface area contributed by atoms with Crippen molar-refractivity contribution in [1.82, 2.24) is 0 Å². The van der Waals surface area contributed by atoms with Crippen molar-refractivity contribution < 1.29 is 0 Å². The zero-order valence-corrected chi connectivity index (χ0v) is 28.4. The number of fused-ring (bicyclic) bond motifs is 7. The Morgan fingerprint density at radius 2 is 1.00 bits per heavy atom. The van der Waals surface area contributed by atoms with E-state index in [1.807, 2.05) is 0 Å². The number of nitrogens with zero attached hydrogens (tertiary/aromatic N) is 1. The van der Waals surface area contributed by atoms with Crippen molar-refractivity contribution in [3.8, 4) is 22.3 Å². The fourth-order valence-electron chi connectivity index (χ4n) is 8.24. The molecule has 2 aliphatic rings. The highest BCUT2D eigenvalue weighted by Crippen LogP contribution is 2.54. The van der Waals surface area contributed by atoms with Gasteiger partial charge in [-0.3, -0.25) is 0 Å². The summed E-state index contributed by atoms with van der Waals surface area (Å²) in [5, 5.41) is 2.56. The maximum Gasteiger partial charge on any atom is 0.0540 e. The molecule has 46 heavy (non-hydrogen) atoms. The Labute approximate surface area is 274 Å². The number of rotatable bonds is 3. The van der Waals surface area contributed by atoms with Crippen molar-refractivity contribution in [3.05, 3.63) is 149 Å². The van der Waals surface area contributed by atoms with Crippen LogP contribution in [-0.4, -0.2) is 0 Å². The number of hydrogen-bond acceptors (Lipinski definition) is 1. The molecule has 0 unspecified atom stereocenters. The molecule has 0 saturated heterocycles. The van der Waals surface area contributed by atoms with E-state index in [-0.39, 0.29) is 16.2 Å². The molecule has 0 aromatic heterocycles. The van der Waals surface area contributed by atoms with Gasteiger partial charge in [-0.05, 0) is 104 Å². The SMILES string of the molecule is Cc1cccc2c(N(c3ccc4c(c3)C(C)(C)c3ccccc3-4)c3ccc4c(c3)C(C)(C)c3cc(C(C)(C)C)ccc3-4)cccc12. The van der Waals surface area contributed by atoms with E-state index >= 15 is 0 Å². The van der Waals surface area contributed by atoms with Crippen LogP contribution in [0.2, 0.25) is 0 Å². The molecule has 1 heteroatoms. The van der Waals surface area contributed by atoms with E-state index in [0.717, 1.165) is 0 Å². The summed E-state index contributed by atoms with van der Waals surface area (Å²) in [6.45, 7) is 18.7. The van der Waals surface area contributed by atoms with Gasteiger partial charge in [-0.25, -0.2) is 0 Å². The molecule has 0 amide bonds. The van der Waals surface area contributed by atoms with Crippen molar-refractivity contribution in [2.45, 2.75) is 71.6 Å². The Morgan fingerprint density at radius 1 is 0.478 bits per heavy atom. The van der Waals surface area contributed by atoms with Crippen LogP contribution in [0.15, 0.2) is 115 Å². The van der Waals surface area contributed by atoms with Crippen LogP contribution >= 0.6 is 0 Å². The third-order valence-electron chi connectivity index (χ3n) is 11.0. The van der Waals surface area contributed by atoms with Crippen LogP contribution in [0.25, 0.3) is 33.0 Å². The highest BCUT2D eigenvalue weighted by Gasteiger charge is 2.38. The molecule has 0 spiro atoms. The lowest BCUT2D eigenvalue weighted by Crippen LogP contribution is -2.19. The van der Waals surface area contributed by atoms with Crippen molar-refractivity contribution in [2.75, 3.05) is 4.90 Å². The van der Waals surface area contributed by atoms with Gasteiger partial charge in [0, 0.05) is 27.6 Å². The fraction of sp³-hybridized carbons (Fsp3) is 0.244. The predicted octanol–water partition coefficient (Wildman–Crippen LogP) is 12.5. The van der Waals surface area contributed by atoms with E-state index in [9.17, 15) is 0 Å². The average molecular weight is 598 g/mol. The van der Waals surface area contributed by atoms with Gasteiger partial charge in [-0.1, -0.05) is 133 Å². The molecule has 6 aromatic rings. The second-order valence-electron chi connectivity index (χ2n) is 15.5. The highest BCUT2D eigenvalue weighted by atomic mass is 15.1. The van der Waals surface area contributed by atoms with Crippen LogP contribution < -0.4 is 4.90 Å². The van der Waals surface area contributed by atoms with Gasteiger partial charge >= 0.3 is 0 Å². The number of anilines is 3. The number of aryl methyl sites for hydroxylation is 1. The van der Waals surface area contributed by atoms with E-state index < -0.39 is 0 Å². The van der Waals surface area contributed by atoms with Crippen LogP contribution in [0, 0.1) is 6.92 Å². The highest BCUT2D eigenvalue weighted by molar-refractivity contribution is 6.01. The van der Waals surface area contributed by atoms with Gasteiger partial charge in [0.25, 0.3) is 0 Å². The topological polar surface area (TPSA) is 3.24 Å². The van der Waals surface area contributed by atoms with E-state index in [2.05, 4.69) is 176 Å². The molecule has 0 heterocycles. The lowest BCUT2D eigenvalue weighted by atomic mass is 9.79.